The molecule has 2 aliphatic rings. The maximum absolute atomic E-state index is 13.8. The second kappa shape index (κ2) is 10.8. The molecule has 0 amide bonds. The van der Waals surface area contributed by atoms with Crippen LogP contribution in [0.5, 0.6) is 11.5 Å². The Kier molecular flexibility index (Phi) is 7.74. The van der Waals surface area contributed by atoms with E-state index >= 15 is 0 Å². The van der Waals surface area contributed by atoms with Crippen LogP contribution in [0.25, 0.3) is 0 Å². The molecule has 36 heavy (non-hydrogen) atoms. The monoisotopic (exact) mass is 509 g/mol. The smallest absolute Gasteiger partial charge is 0.336 e. The van der Waals surface area contributed by atoms with E-state index in [9.17, 15) is 9.59 Å². The highest BCUT2D eigenvalue weighted by Crippen LogP contribution is 2.50. The van der Waals surface area contributed by atoms with Gasteiger partial charge in [0, 0.05) is 40.2 Å². The molecule has 3 unspecified atom stereocenters. The highest BCUT2D eigenvalue weighted by Gasteiger charge is 2.46. The minimum Gasteiger partial charge on any atom is -0.493 e. The molecule has 1 aliphatic carbocycles. The number of allylic oxidation sites excluding steroid dienone is 3. The van der Waals surface area contributed by atoms with Gasteiger partial charge in [-0.3, -0.25) is 4.79 Å². The second-order valence-electron chi connectivity index (χ2n) is 9.64. The number of methoxy groups -OCH3 is 2. The van der Waals surface area contributed by atoms with Crippen LogP contribution in [0.15, 0.2) is 65.5 Å². The Morgan fingerprint density at radius 1 is 1.08 bits per heavy atom. The number of carbonyl (C=O) groups excluding carboxylic acids is 2. The van der Waals surface area contributed by atoms with Crippen LogP contribution in [-0.2, 0) is 14.3 Å². The van der Waals surface area contributed by atoms with Gasteiger partial charge in [-0.25, -0.2) is 4.79 Å². The topological polar surface area (TPSA) is 73.9 Å². The molecule has 6 nitrogen and oxygen atoms in total. The molecule has 0 saturated carbocycles. The molecule has 0 saturated heterocycles. The summed E-state index contributed by atoms with van der Waals surface area (Å²) in [5.41, 5.74) is 3.59. The first-order valence-electron chi connectivity index (χ1n) is 12.1. The lowest BCUT2D eigenvalue weighted by Gasteiger charge is -2.40. The Balaban J connectivity index is 1.86. The van der Waals surface area contributed by atoms with E-state index in [4.69, 9.17) is 25.8 Å². The summed E-state index contributed by atoms with van der Waals surface area (Å²) in [4.78, 5) is 27.2. The Bertz CT molecular complexity index is 1210. The molecule has 0 aromatic heterocycles. The average Bonchev–Trinajstić information content (AvgIpc) is 2.86. The lowest BCUT2D eigenvalue weighted by Crippen LogP contribution is -2.42. The molecule has 2 aromatic rings. The van der Waals surface area contributed by atoms with Crippen LogP contribution in [0.1, 0.15) is 50.2 Å². The summed E-state index contributed by atoms with van der Waals surface area (Å²) >= 11 is 6.07. The zero-order valence-corrected chi connectivity index (χ0v) is 22.0. The predicted molar refractivity (Wildman–Crippen MR) is 139 cm³/mol. The largest absolute Gasteiger partial charge is 0.493 e. The third kappa shape index (κ3) is 5.00. The Labute approximate surface area is 217 Å². The Hall–Kier alpha value is -3.25. The van der Waals surface area contributed by atoms with Gasteiger partial charge in [0.25, 0.3) is 0 Å². The van der Waals surface area contributed by atoms with Crippen molar-refractivity contribution in [2.24, 2.45) is 11.8 Å². The molecule has 4 rings (SSSR count). The fourth-order valence-electron chi connectivity index (χ4n) is 5.08. The molecule has 0 radical (unpaired) electrons. The second-order valence-corrected chi connectivity index (χ2v) is 10.1. The first kappa shape index (κ1) is 25.8. The minimum atomic E-state index is -0.583. The fraction of sp³-hybridized carbons (Fsp3) is 0.379. The quantitative estimate of drug-likeness (QED) is 0.477. The number of para-hydroxylation sites is 1. The zero-order valence-electron chi connectivity index (χ0n) is 21.3. The van der Waals surface area contributed by atoms with Crippen LogP contribution in [0.2, 0.25) is 5.02 Å². The summed E-state index contributed by atoms with van der Waals surface area (Å²) in [5.74, 6) is -0.436. The molecule has 2 aromatic carbocycles. The van der Waals surface area contributed by atoms with Crippen molar-refractivity contribution in [3.63, 3.8) is 0 Å². The fourth-order valence-corrected chi connectivity index (χ4v) is 5.21. The number of rotatable bonds is 7. The van der Waals surface area contributed by atoms with Crippen molar-refractivity contribution in [2.45, 2.75) is 39.0 Å². The highest BCUT2D eigenvalue weighted by molar-refractivity contribution is 6.30. The van der Waals surface area contributed by atoms with Gasteiger partial charge in [-0.2, -0.15) is 0 Å². The van der Waals surface area contributed by atoms with E-state index in [-0.39, 0.29) is 24.2 Å². The van der Waals surface area contributed by atoms with Crippen LogP contribution < -0.4 is 14.8 Å². The third-order valence-electron chi connectivity index (χ3n) is 6.70. The van der Waals surface area contributed by atoms with Gasteiger partial charge in [0.1, 0.15) is 5.78 Å². The van der Waals surface area contributed by atoms with E-state index in [1.807, 2.05) is 57.2 Å². The van der Waals surface area contributed by atoms with Crippen molar-refractivity contribution in [3.8, 4) is 11.5 Å². The molecular weight excluding hydrogens is 478 g/mol. The van der Waals surface area contributed by atoms with E-state index in [1.54, 1.807) is 20.3 Å². The van der Waals surface area contributed by atoms with Crippen LogP contribution in [-0.4, -0.2) is 32.6 Å². The maximum Gasteiger partial charge on any atom is 0.336 e. The maximum atomic E-state index is 13.8. The molecule has 190 valence electrons. The van der Waals surface area contributed by atoms with Crippen molar-refractivity contribution in [2.75, 3.05) is 20.8 Å². The van der Waals surface area contributed by atoms with E-state index in [0.29, 0.717) is 39.8 Å². The van der Waals surface area contributed by atoms with Crippen molar-refractivity contribution in [3.05, 3.63) is 81.7 Å². The Morgan fingerprint density at radius 2 is 1.81 bits per heavy atom. The van der Waals surface area contributed by atoms with Crippen LogP contribution in [0.3, 0.4) is 0 Å². The number of hydrogen-bond donors (Lipinski definition) is 1. The van der Waals surface area contributed by atoms with Crippen molar-refractivity contribution in [1.82, 2.24) is 5.32 Å². The summed E-state index contributed by atoms with van der Waals surface area (Å²) in [7, 11) is 3.13. The first-order valence-corrected chi connectivity index (χ1v) is 12.5. The molecule has 3 atom stereocenters. The van der Waals surface area contributed by atoms with E-state index in [0.717, 1.165) is 11.3 Å². The van der Waals surface area contributed by atoms with Crippen LogP contribution >= 0.6 is 11.6 Å². The molecule has 0 bridgehead atoms. The minimum absolute atomic E-state index is 0.0384. The Morgan fingerprint density at radius 3 is 2.44 bits per heavy atom. The van der Waals surface area contributed by atoms with Crippen molar-refractivity contribution >= 4 is 23.4 Å². The summed E-state index contributed by atoms with van der Waals surface area (Å²) < 4.78 is 16.9. The molecule has 0 spiro atoms. The summed E-state index contributed by atoms with van der Waals surface area (Å²) in [6.45, 7) is 6.10. The van der Waals surface area contributed by atoms with E-state index < -0.39 is 17.8 Å². The normalized spacial score (nSPS) is 21.5. The standard InChI is InChI=1S/C29H32ClNO5/c1-16(2)15-36-29(33)25-17(3)31-22-13-19(18-9-11-20(30)12-10-18)14-23(32)27(22)26(25)21-7-6-8-24(34-4)28(21)35-5/h6-13,16,19,26-27,31H,14-15H2,1-5H3. The number of nitrogens with one attached hydrogen (secondary N) is 1. The van der Waals surface area contributed by atoms with Gasteiger partial charge in [0.2, 0.25) is 0 Å². The van der Waals surface area contributed by atoms with Crippen LogP contribution in [0, 0.1) is 11.8 Å². The highest BCUT2D eigenvalue weighted by atomic mass is 35.5. The van der Waals surface area contributed by atoms with Gasteiger partial charge in [0.05, 0.1) is 32.3 Å². The number of benzene rings is 2. The molecule has 1 heterocycles. The van der Waals surface area contributed by atoms with Gasteiger partial charge in [-0.15, -0.1) is 0 Å². The molecular formula is C29H32ClNO5. The van der Waals surface area contributed by atoms with Gasteiger partial charge in [0.15, 0.2) is 11.5 Å². The predicted octanol–water partition coefficient (Wildman–Crippen LogP) is 5.77. The van der Waals surface area contributed by atoms with E-state index in [2.05, 4.69) is 11.4 Å². The van der Waals surface area contributed by atoms with Gasteiger partial charge < -0.3 is 19.5 Å². The number of ketones is 1. The number of carbonyl (C=O) groups is 2. The van der Waals surface area contributed by atoms with Gasteiger partial charge >= 0.3 is 5.97 Å². The summed E-state index contributed by atoms with van der Waals surface area (Å²) in [5, 5.41) is 4.01. The lowest BCUT2D eigenvalue weighted by molar-refractivity contribution is -0.140. The van der Waals surface area contributed by atoms with Crippen LogP contribution in [0.4, 0.5) is 0 Å². The zero-order chi connectivity index (χ0) is 26.0. The third-order valence-corrected chi connectivity index (χ3v) is 6.95. The molecule has 0 fully saturated rings. The lowest BCUT2D eigenvalue weighted by atomic mass is 9.68. The SMILES string of the molecule is COc1cccc(C2C(C(=O)OCC(C)C)=C(C)NC3=CC(c4ccc(Cl)cc4)CC(=O)C32)c1OC. The molecule has 1 N–H and O–H groups in total. The van der Waals surface area contributed by atoms with E-state index in [1.165, 1.54) is 0 Å². The number of Topliss-reactive ketones (excluding diaryl/α,β-unsaturated/α-hetero) is 1. The molecule has 1 aliphatic heterocycles. The summed E-state index contributed by atoms with van der Waals surface area (Å²) in [6, 6.07) is 13.1. The van der Waals surface area contributed by atoms with Crippen molar-refractivity contribution in [1.29, 1.82) is 0 Å². The number of fused-ring (bicyclic) bond motifs is 1. The number of esters is 1. The number of halogens is 1. The number of ether oxygens (including phenoxy) is 3. The van der Waals surface area contributed by atoms with Crippen molar-refractivity contribution < 1.29 is 23.8 Å². The summed E-state index contributed by atoms with van der Waals surface area (Å²) in [6.07, 6.45) is 2.41. The van der Waals surface area contributed by atoms with Gasteiger partial charge in [-0.05, 0) is 36.6 Å². The molecule has 7 heteroatoms. The first-order chi connectivity index (χ1) is 17.2. The van der Waals surface area contributed by atoms with Gasteiger partial charge in [-0.1, -0.05) is 55.8 Å². The average molecular weight is 510 g/mol. The number of hydrogen-bond acceptors (Lipinski definition) is 6.